The van der Waals surface area contributed by atoms with E-state index in [1.807, 2.05) is 0 Å². The largest absolute Gasteiger partial charge is 0.300 e. The van der Waals surface area contributed by atoms with Crippen LogP contribution in [0.5, 0.6) is 0 Å². The Kier molecular flexibility index (Phi) is 3.57. The summed E-state index contributed by atoms with van der Waals surface area (Å²) in [6.45, 7) is 10.6. The lowest BCUT2D eigenvalue weighted by atomic mass is 9.82. The van der Waals surface area contributed by atoms with Gasteiger partial charge in [-0.2, -0.15) is 0 Å². The van der Waals surface area contributed by atoms with E-state index < -0.39 is 5.67 Å². The van der Waals surface area contributed by atoms with Gasteiger partial charge in [-0.25, -0.2) is 4.39 Å². The molecule has 84 valence electrons. The summed E-state index contributed by atoms with van der Waals surface area (Å²) >= 11 is 0. The van der Waals surface area contributed by atoms with Crippen molar-refractivity contribution in [2.75, 3.05) is 19.6 Å². The maximum atomic E-state index is 13.5. The van der Waals surface area contributed by atoms with Crippen LogP contribution < -0.4 is 0 Å². The van der Waals surface area contributed by atoms with Gasteiger partial charge in [0.1, 0.15) is 5.67 Å². The van der Waals surface area contributed by atoms with E-state index in [0.717, 1.165) is 13.1 Å². The molecule has 0 bridgehead atoms. The number of halogens is 1. The molecule has 0 radical (unpaired) electrons. The van der Waals surface area contributed by atoms with E-state index in [4.69, 9.17) is 0 Å². The molecule has 1 fully saturated rings. The summed E-state index contributed by atoms with van der Waals surface area (Å²) in [4.78, 5) is 2.28. The molecular weight excluding hydrogens is 177 g/mol. The van der Waals surface area contributed by atoms with E-state index in [2.05, 4.69) is 18.7 Å². The molecule has 1 saturated heterocycles. The second-order valence-electron chi connectivity index (χ2n) is 5.39. The van der Waals surface area contributed by atoms with E-state index in [1.54, 1.807) is 13.8 Å². The van der Waals surface area contributed by atoms with Crippen LogP contribution in [0.15, 0.2) is 0 Å². The van der Waals surface area contributed by atoms with Gasteiger partial charge in [0.2, 0.25) is 0 Å². The van der Waals surface area contributed by atoms with Crippen molar-refractivity contribution in [3.8, 4) is 0 Å². The number of hydrogen-bond acceptors (Lipinski definition) is 1. The van der Waals surface area contributed by atoms with Crippen molar-refractivity contribution in [2.45, 2.75) is 52.6 Å². The molecule has 1 aliphatic heterocycles. The summed E-state index contributed by atoms with van der Waals surface area (Å²) in [7, 11) is 0. The van der Waals surface area contributed by atoms with Gasteiger partial charge in [0.15, 0.2) is 0 Å². The zero-order valence-electron chi connectivity index (χ0n) is 10.1. The second-order valence-corrected chi connectivity index (χ2v) is 5.39. The highest BCUT2D eigenvalue weighted by molar-refractivity contribution is 4.89. The Morgan fingerprint density at radius 3 is 2.21 bits per heavy atom. The van der Waals surface area contributed by atoms with Gasteiger partial charge in [-0.15, -0.1) is 0 Å². The molecule has 0 N–H and O–H groups in total. The van der Waals surface area contributed by atoms with Crippen molar-refractivity contribution >= 4 is 0 Å². The van der Waals surface area contributed by atoms with Gasteiger partial charge in [0.25, 0.3) is 0 Å². The van der Waals surface area contributed by atoms with Gasteiger partial charge in [0.05, 0.1) is 0 Å². The zero-order valence-corrected chi connectivity index (χ0v) is 10.1. The summed E-state index contributed by atoms with van der Waals surface area (Å²) in [6, 6.07) is 0. The van der Waals surface area contributed by atoms with E-state index in [1.165, 1.54) is 19.3 Å². The predicted molar refractivity (Wildman–Crippen MR) is 59.3 cm³/mol. The maximum absolute atomic E-state index is 13.5. The Morgan fingerprint density at radius 1 is 1.29 bits per heavy atom. The summed E-state index contributed by atoms with van der Waals surface area (Å²) in [5, 5.41) is 0. The topological polar surface area (TPSA) is 3.24 Å². The van der Waals surface area contributed by atoms with Crippen molar-refractivity contribution in [1.29, 1.82) is 0 Å². The minimum Gasteiger partial charge on any atom is -0.300 e. The number of alkyl halides is 1. The maximum Gasteiger partial charge on any atom is 0.118 e. The Balaban J connectivity index is 2.48. The van der Waals surface area contributed by atoms with Gasteiger partial charge in [-0.3, -0.25) is 4.90 Å². The summed E-state index contributed by atoms with van der Waals surface area (Å²) in [5.41, 5.74) is -0.567. The summed E-state index contributed by atoms with van der Waals surface area (Å²) in [5.74, 6) is 0. The molecule has 0 amide bonds. The molecule has 1 aliphatic rings. The minimum absolute atomic E-state index is 0.477. The van der Waals surface area contributed by atoms with Gasteiger partial charge in [-0.05, 0) is 45.1 Å². The Hall–Kier alpha value is -0.110. The monoisotopic (exact) mass is 201 g/mol. The van der Waals surface area contributed by atoms with Crippen LogP contribution in [0.3, 0.4) is 0 Å². The molecule has 1 nitrogen and oxygen atoms in total. The minimum atomic E-state index is -1.04. The molecule has 0 spiro atoms. The molecule has 1 rings (SSSR count). The summed E-state index contributed by atoms with van der Waals surface area (Å²) in [6.07, 6.45) is 3.70. The third-order valence-electron chi connectivity index (χ3n) is 3.62. The lowest BCUT2D eigenvalue weighted by Crippen LogP contribution is -2.35. The average Bonchev–Trinajstić information content (AvgIpc) is 2.46. The third kappa shape index (κ3) is 2.94. The fourth-order valence-electron chi connectivity index (χ4n) is 2.52. The molecule has 0 aromatic rings. The molecule has 14 heavy (non-hydrogen) atoms. The van der Waals surface area contributed by atoms with Crippen LogP contribution in [-0.4, -0.2) is 30.2 Å². The average molecular weight is 201 g/mol. The number of hydrogen-bond donors (Lipinski definition) is 0. The Bertz CT molecular complexity index is 179. The van der Waals surface area contributed by atoms with Crippen molar-refractivity contribution in [2.24, 2.45) is 5.41 Å². The first-order valence-corrected chi connectivity index (χ1v) is 5.82. The van der Waals surface area contributed by atoms with Gasteiger partial charge in [0, 0.05) is 13.1 Å². The van der Waals surface area contributed by atoms with Crippen LogP contribution in [-0.2, 0) is 0 Å². The molecule has 0 aliphatic carbocycles. The molecule has 0 aromatic carbocycles. The molecule has 1 heterocycles. The molecule has 0 unspecified atom stereocenters. The van der Waals surface area contributed by atoms with Gasteiger partial charge in [-0.1, -0.05) is 13.8 Å². The highest BCUT2D eigenvalue weighted by atomic mass is 19.1. The zero-order chi connectivity index (χ0) is 10.8. The van der Waals surface area contributed by atoms with Crippen molar-refractivity contribution in [1.82, 2.24) is 4.90 Å². The van der Waals surface area contributed by atoms with E-state index >= 15 is 0 Å². The van der Waals surface area contributed by atoms with Crippen molar-refractivity contribution in [3.63, 3.8) is 0 Å². The Labute approximate surface area is 87.7 Å². The lowest BCUT2D eigenvalue weighted by Gasteiger charge is -2.28. The fraction of sp³-hybridized carbons (Fsp3) is 1.00. The number of rotatable bonds is 4. The molecule has 0 saturated carbocycles. The smallest absolute Gasteiger partial charge is 0.118 e. The summed E-state index contributed by atoms with van der Waals surface area (Å²) < 4.78 is 13.5. The first-order chi connectivity index (χ1) is 6.41. The normalized spacial score (nSPS) is 22.9. The number of nitrogens with zero attached hydrogens (tertiary/aromatic N) is 1. The van der Waals surface area contributed by atoms with Crippen molar-refractivity contribution in [3.05, 3.63) is 0 Å². The first-order valence-electron chi connectivity index (χ1n) is 5.82. The van der Waals surface area contributed by atoms with Gasteiger partial charge < -0.3 is 0 Å². The second kappa shape index (κ2) is 4.18. The molecule has 0 aromatic heterocycles. The van der Waals surface area contributed by atoms with Crippen LogP contribution in [0.1, 0.15) is 47.0 Å². The molecule has 2 heteroatoms. The van der Waals surface area contributed by atoms with E-state index in [0.29, 0.717) is 12.0 Å². The van der Waals surface area contributed by atoms with E-state index in [9.17, 15) is 4.39 Å². The number of likely N-dealkylation sites (tertiary alicyclic amines) is 1. The van der Waals surface area contributed by atoms with E-state index in [-0.39, 0.29) is 0 Å². The van der Waals surface area contributed by atoms with Crippen molar-refractivity contribution < 1.29 is 4.39 Å². The van der Waals surface area contributed by atoms with Crippen LogP contribution in [0.2, 0.25) is 0 Å². The third-order valence-corrected chi connectivity index (χ3v) is 3.62. The SMILES string of the molecule is CCC1(CC)CCN(CC(C)(C)F)C1. The Morgan fingerprint density at radius 2 is 1.86 bits per heavy atom. The lowest BCUT2D eigenvalue weighted by molar-refractivity contribution is 0.130. The molecule has 0 atom stereocenters. The fourth-order valence-corrected chi connectivity index (χ4v) is 2.52. The standard InChI is InChI=1S/C12H24FN/c1-5-12(6-2)7-8-14(10-12)9-11(3,4)13/h5-10H2,1-4H3. The van der Waals surface area contributed by atoms with Crippen LogP contribution in [0.4, 0.5) is 4.39 Å². The van der Waals surface area contributed by atoms with Crippen LogP contribution in [0, 0.1) is 5.41 Å². The first kappa shape index (κ1) is 12.0. The highest BCUT2D eigenvalue weighted by Gasteiger charge is 2.36. The van der Waals surface area contributed by atoms with Crippen LogP contribution in [0.25, 0.3) is 0 Å². The quantitative estimate of drug-likeness (QED) is 0.675. The predicted octanol–water partition coefficient (Wildman–Crippen LogP) is 3.25. The highest BCUT2D eigenvalue weighted by Crippen LogP contribution is 2.37. The van der Waals surface area contributed by atoms with Gasteiger partial charge >= 0.3 is 0 Å². The van der Waals surface area contributed by atoms with Crippen LogP contribution >= 0.6 is 0 Å². The molecular formula is C12H24FN.